The number of benzene rings is 1. The number of unbranched alkanes of at least 4 members (excludes halogenated alkanes) is 2. The Labute approximate surface area is 111 Å². The van der Waals surface area contributed by atoms with Crippen LogP contribution in [0.3, 0.4) is 0 Å². The molecule has 96 valence electrons. The summed E-state index contributed by atoms with van der Waals surface area (Å²) in [5, 5.41) is 0.918. The van der Waals surface area contributed by atoms with Gasteiger partial charge in [-0.2, -0.15) is 0 Å². The summed E-state index contributed by atoms with van der Waals surface area (Å²) in [5.74, 6) is 0.605. The van der Waals surface area contributed by atoms with Crippen LogP contribution in [-0.2, 0) is 9.84 Å². The van der Waals surface area contributed by atoms with E-state index in [1.165, 1.54) is 7.11 Å². The van der Waals surface area contributed by atoms with E-state index in [1.54, 1.807) is 24.3 Å². The van der Waals surface area contributed by atoms with Crippen LogP contribution in [-0.4, -0.2) is 26.6 Å². The second kappa shape index (κ2) is 7.01. The second-order valence-corrected chi connectivity index (χ2v) is 6.59. The van der Waals surface area contributed by atoms with Crippen LogP contribution < -0.4 is 4.74 Å². The Hall–Kier alpha value is -0.550. The lowest BCUT2D eigenvalue weighted by molar-refractivity contribution is 0.402. The minimum absolute atomic E-state index is 0.181. The number of sulfone groups is 1. The molecule has 1 aromatic carbocycles. The molecule has 0 radical (unpaired) electrons. The predicted octanol–water partition coefficient (Wildman–Crippen LogP) is 3.03. The summed E-state index contributed by atoms with van der Waals surface area (Å²) in [6.07, 6.45) is 2.60. The third-order valence-electron chi connectivity index (χ3n) is 2.45. The monoisotopic (exact) mass is 320 g/mol. The number of methoxy groups -OCH3 is 1. The first kappa shape index (κ1) is 14.5. The third-order valence-corrected chi connectivity index (χ3v) is 4.85. The maximum atomic E-state index is 12.1. The molecule has 17 heavy (non-hydrogen) atoms. The smallest absolute Gasteiger partial charge is 0.182 e. The van der Waals surface area contributed by atoms with Crippen molar-refractivity contribution < 1.29 is 13.2 Å². The SMILES string of the molecule is COc1ccccc1S(=O)(=O)CCCCCBr. The molecular weight excluding hydrogens is 304 g/mol. The van der Waals surface area contributed by atoms with Gasteiger partial charge in [0, 0.05) is 5.33 Å². The number of para-hydroxylation sites is 1. The predicted molar refractivity (Wildman–Crippen MR) is 72.7 cm³/mol. The highest BCUT2D eigenvalue weighted by Gasteiger charge is 2.18. The Bertz CT molecular complexity index is 443. The van der Waals surface area contributed by atoms with Crippen LogP contribution in [0.4, 0.5) is 0 Å². The summed E-state index contributed by atoms with van der Waals surface area (Å²) in [7, 11) is -1.74. The molecule has 1 aromatic rings. The van der Waals surface area contributed by atoms with Gasteiger partial charge in [-0.3, -0.25) is 0 Å². The van der Waals surface area contributed by atoms with Gasteiger partial charge in [0.05, 0.1) is 12.9 Å². The van der Waals surface area contributed by atoms with Crippen LogP contribution >= 0.6 is 15.9 Å². The van der Waals surface area contributed by atoms with Gasteiger partial charge in [-0.05, 0) is 25.0 Å². The second-order valence-electron chi connectivity index (χ2n) is 3.72. The fourth-order valence-corrected chi connectivity index (χ4v) is 3.49. The van der Waals surface area contributed by atoms with Crippen molar-refractivity contribution in [3.8, 4) is 5.75 Å². The molecule has 0 aromatic heterocycles. The van der Waals surface area contributed by atoms with E-state index >= 15 is 0 Å². The van der Waals surface area contributed by atoms with Gasteiger partial charge in [0.1, 0.15) is 10.6 Å². The number of alkyl halides is 1. The first-order chi connectivity index (χ1) is 8.11. The first-order valence-corrected chi connectivity index (χ1v) is 8.31. The molecular formula is C12H17BrO3S. The van der Waals surface area contributed by atoms with E-state index in [-0.39, 0.29) is 5.75 Å². The minimum Gasteiger partial charge on any atom is -0.495 e. The van der Waals surface area contributed by atoms with Crippen LogP contribution in [0.25, 0.3) is 0 Å². The molecule has 0 atom stereocenters. The highest BCUT2D eigenvalue weighted by molar-refractivity contribution is 9.09. The molecule has 0 saturated carbocycles. The lowest BCUT2D eigenvalue weighted by Gasteiger charge is -2.08. The number of hydrogen-bond acceptors (Lipinski definition) is 3. The normalized spacial score (nSPS) is 11.4. The Kier molecular flexibility index (Phi) is 5.98. The Balaban J connectivity index is 2.75. The molecule has 0 unspecified atom stereocenters. The molecule has 0 bridgehead atoms. The van der Waals surface area contributed by atoms with Crippen LogP contribution in [0, 0.1) is 0 Å². The van der Waals surface area contributed by atoms with Crippen molar-refractivity contribution in [2.75, 3.05) is 18.2 Å². The van der Waals surface area contributed by atoms with Gasteiger partial charge in [-0.25, -0.2) is 8.42 Å². The summed E-state index contributed by atoms with van der Waals surface area (Å²) >= 11 is 3.33. The third kappa shape index (κ3) is 4.32. The fraction of sp³-hybridized carbons (Fsp3) is 0.500. The zero-order valence-electron chi connectivity index (χ0n) is 9.86. The van der Waals surface area contributed by atoms with Crippen molar-refractivity contribution in [3.63, 3.8) is 0 Å². The average molecular weight is 321 g/mol. The van der Waals surface area contributed by atoms with Crippen molar-refractivity contribution in [2.45, 2.75) is 24.2 Å². The molecule has 0 heterocycles. The fourth-order valence-electron chi connectivity index (χ4n) is 1.55. The van der Waals surface area contributed by atoms with E-state index in [1.807, 2.05) is 0 Å². The first-order valence-electron chi connectivity index (χ1n) is 5.53. The molecule has 3 nitrogen and oxygen atoms in total. The molecule has 0 N–H and O–H groups in total. The van der Waals surface area contributed by atoms with Gasteiger partial charge in [0.2, 0.25) is 0 Å². The molecule has 0 aliphatic rings. The summed E-state index contributed by atoms with van der Waals surface area (Å²) in [6.45, 7) is 0. The van der Waals surface area contributed by atoms with Crippen molar-refractivity contribution in [3.05, 3.63) is 24.3 Å². The zero-order chi connectivity index (χ0) is 12.7. The molecule has 5 heteroatoms. The molecule has 0 aliphatic heterocycles. The van der Waals surface area contributed by atoms with Crippen molar-refractivity contribution >= 4 is 25.8 Å². The van der Waals surface area contributed by atoms with Crippen LogP contribution in [0.5, 0.6) is 5.75 Å². The lowest BCUT2D eigenvalue weighted by Crippen LogP contribution is -2.08. The van der Waals surface area contributed by atoms with Crippen molar-refractivity contribution in [1.29, 1.82) is 0 Å². The van der Waals surface area contributed by atoms with Crippen molar-refractivity contribution in [1.82, 2.24) is 0 Å². The van der Waals surface area contributed by atoms with Crippen LogP contribution in [0.1, 0.15) is 19.3 Å². The van der Waals surface area contributed by atoms with Gasteiger partial charge in [-0.15, -0.1) is 0 Å². The van der Waals surface area contributed by atoms with Crippen molar-refractivity contribution in [2.24, 2.45) is 0 Å². The molecule has 0 amide bonds. The van der Waals surface area contributed by atoms with Gasteiger partial charge >= 0.3 is 0 Å². The van der Waals surface area contributed by atoms with E-state index in [0.717, 1.165) is 18.2 Å². The summed E-state index contributed by atoms with van der Waals surface area (Å²) in [5.41, 5.74) is 0. The van der Waals surface area contributed by atoms with Gasteiger partial charge in [0.25, 0.3) is 0 Å². The van der Waals surface area contributed by atoms with E-state index in [2.05, 4.69) is 15.9 Å². The van der Waals surface area contributed by atoms with Crippen LogP contribution in [0.15, 0.2) is 29.2 Å². The highest BCUT2D eigenvalue weighted by Crippen LogP contribution is 2.24. The quantitative estimate of drug-likeness (QED) is 0.573. The molecule has 0 spiro atoms. The summed E-state index contributed by atoms with van der Waals surface area (Å²) in [4.78, 5) is 0.293. The average Bonchev–Trinajstić information content (AvgIpc) is 2.34. The van der Waals surface area contributed by atoms with Gasteiger partial charge in [0.15, 0.2) is 9.84 Å². The lowest BCUT2D eigenvalue weighted by atomic mass is 10.3. The Morgan fingerprint density at radius 3 is 2.53 bits per heavy atom. The summed E-state index contributed by atoms with van der Waals surface area (Å²) in [6, 6.07) is 6.75. The highest BCUT2D eigenvalue weighted by atomic mass is 79.9. The van der Waals surface area contributed by atoms with E-state index in [0.29, 0.717) is 17.1 Å². The van der Waals surface area contributed by atoms with Gasteiger partial charge in [-0.1, -0.05) is 34.5 Å². The van der Waals surface area contributed by atoms with Gasteiger partial charge < -0.3 is 4.74 Å². The Morgan fingerprint density at radius 1 is 1.18 bits per heavy atom. The van der Waals surface area contributed by atoms with E-state index in [9.17, 15) is 8.42 Å². The largest absolute Gasteiger partial charge is 0.495 e. The maximum Gasteiger partial charge on any atom is 0.182 e. The number of ether oxygens (including phenoxy) is 1. The van der Waals surface area contributed by atoms with E-state index < -0.39 is 9.84 Å². The van der Waals surface area contributed by atoms with Crippen LogP contribution in [0.2, 0.25) is 0 Å². The number of rotatable bonds is 7. The standard InChI is InChI=1S/C12H17BrO3S/c1-16-11-7-3-4-8-12(11)17(14,15)10-6-2-5-9-13/h3-4,7-8H,2,5-6,9-10H2,1H3. The molecule has 0 saturated heterocycles. The van der Waals surface area contributed by atoms with E-state index in [4.69, 9.17) is 4.74 Å². The number of halogens is 1. The molecule has 0 aliphatic carbocycles. The zero-order valence-corrected chi connectivity index (χ0v) is 12.3. The summed E-state index contributed by atoms with van der Waals surface area (Å²) < 4.78 is 29.2. The topological polar surface area (TPSA) is 43.4 Å². The maximum absolute atomic E-state index is 12.1. The molecule has 0 fully saturated rings. The molecule has 1 rings (SSSR count). The minimum atomic E-state index is -3.22. The number of hydrogen-bond donors (Lipinski definition) is 0. The Morgan fingerprint density at radius 2 is 1.88 bits per heavy atom.